The molecule has 0 aromatic carbocycles. The lowest BCUT2D eigenvalue weighted by atomic mass is 10.1. The highest BCUT2D eigenvalue weighted by Gasteiger charge is 2.19. The molecule has 16 heavy (non-hydrogen) atoms. The summed E-state index contributed by atoms with van der Waals surface area (Å²) in [5, 5.41) is 0. The van der Waals surface area contributed by atoms with Gasteiger partial charge in [-0.3, -0.25) is 9.78 Å². The number of nitrogens with two attached hydrogens (primary N) is 1. The Hall–Kier alpha value is -1.46. The number of ether oxygens (including phenoxy) is 1. The SMILES string of the molecule is NCc1ncccc1CN1CCOCC1=O. The van der Waals surface area contributed by atoms with Gasteiger partial charge in [-0.25, -0.2) is 0 Å². The minimum atomic E-state index is 0.0260. The third kappa shape index (κ3) is 2.37. The van der Waals surface area contributed by atoms with Crippen LogP contribution in [-0.4, -0.2) is 35.5 Å². The Morgan fingerprint density at radius 3 is 3.19 bits per heavy atom. The number of rotatable bonds is 3. The van der Waals surface area contributed by atoms with E-state index in [0.717, 1.165) is 11.3 Å². The molecule has 1 aromatic rings. The van der Waals surface area contributed by atoms with Gasteiger partial charge in [0.15, 0.2) is 0 Å². The number of hydrogen-bond donors (Lipinski definition) is 1. The molecule has 1 aliphatic heterocycles. The largest absolute Gasteiger partial charge is 0.370 e. The van der Waals surface area contributed by atoms with Crippen molar-refractivity contribution in [3.63, 3.8) is 0 Å². The molecule has 0 unspecified atom stereocenters. The number of nitrogens with zero attached hydrogens (tertiary/aromatic N) is 2. The normalized spacial score (nSPS) is 16.6. The molecular formula is C11H15N3O2. The van der Waals surface area contributed by atoms with Crippen LogP contribution >= 0.6 is 0 Å². The Kier molecular flexibility index (Phi) is 3.48. The smallest absolute Gasteiger partial charge is 0.248 e. The van der Waals surface area contributed by atoms with Gasteiger partial charge in [-0.15, -0.1) is 0 Å². The van der Waals surface area contributed by atoms with E-state index < -0.39 is 0 Å². The summed E-state index contributed by atoms with van der Waals surface area (Å²) in [5.41, 5.74) is 7.46. The van der Waals surface area contributed by atoms with Crippen LogP contribution in [-0.2, 0) is 22.6 Å². The summed E-state index contributed by atoms with van der Waals surface area (Å²) in [6.45, 7) is 2.39. The standard InChI is InChI=1S/C11H15N3O2/c12-6-10-9(2-1-3-13-10)7-14-4-5-16-8-11(14)15/h1-3H,4-8,12H2. The second-order valence-corrected chi connectivity index (χ2v) is 3.68. The fourth-order valence-corrected chi connectivity index (χ4v) is 1.72. The summed E-state index contributed by atoms with van der Waals surface area (Å²) in [7, 11) is 0. The number of aromatic nitrogens is 1. The van der Waals surface area contributed by atoms with Crippen molar-refractivity contribution >= 4 is 5.91 Å². The van der Waals surface area contributed by atoms with Crippen LogP contribution in [0.1, 0.15) is 11.3 Å². The van der Waals surface area contributed by atoms with E-state index in [1.54, 1.807) is 11.1 Å². The van der Waals surface area contributed by atoms with Crippen molar-refractivity contribution < 1.29 is 9.53 Å². The van der Waals surface area contributed by atoms with E-state index in [-0.39, 0.29) is 12.5 Å². The van der Waals surface area contributed by atoms with E-state index >= 15 is 0 Å². The summed E-state index contributed by atoms with van der Waals surface area (Å²) in [6, 6.07) is 3.82. The van der Waals surface area contributed by atoms with Gasteiger partial charge in [0.1, 0.15) is 6.61 Å². The molecule has 1 amide bonds. The molecule has 1 fully saturated rings. The van der Waals surface area contributed by atoms with Crippen LogP contribution in [0.15, 0.2) is 18.3 Å². The van der Waals surface area contributed by atoms with Gasteiger partial charge < -0.3 is 15.4 Å². The summed E-state index contributed by atoms with van der Waals surface area (Å²) in [5.74, 6) is 0.0260. The van der Waals surface area contributed by atoms with Crippen molar-refractivity contribution in [3.8, 4) is 0 Å². The zero-order valence-corrected chi connectivity index (χ0v) is 9.06. The first kappa shape index (κ1) is 11.0. The zero-order chi connectivity index (χ0) is 11.4. The van der Waals surface area contributed by atoms with Gasteiger partial charge in [-0.2, -0.15) is 0 Å². The highest BCUT2D eigenvalue weighted by atomic mass is 16.5. The second kappa shape index (κ2) is 5.05. The maximum Gasteiger partial charge on any atom is 0.248 e. The van der Waals surface area contributed by atoms with E-state index in [9.17, 15) is 4.79 Å². The number of hydrogen-bond acceptors (Lipinski definition) is 4. The van der Waals surface area contributed by atoms with Gasteiger partial charge in [0.25, 0.3) is 0 Å². The lowest BCUT2D eigenvalue weighted by Gasteiger charge is -2.27. The maximum absolute atomic E-state index is 11.5. The van der Waals surface area contributed by atoms with Crippen LogP contribution in [0, 0.1) is 0 Å². The fourth-order valence-electron chi connectivity index (χ4n) is 1.72. The first-order valence-corrected chi connectivity index (χ1v) is 5.29. The van der Waals surface area contributed by atoms with E-state index in [2.05, 4.69) is 4.98 Å². The van der Waals surface area contributed by atoms with Crippen LogP contribution in [0.2, 0.25) is 0 Å². The quantitative estimate of drug-likeness (QED) is 0.774. The third-order valence-electron chi connectivity index (χ3n) is 2.62. The van der Waals surface area contributed by atoms with Crippen molar-refractivity contribution in [2.75, 3.05) is 19.8 Å². The lowest BCUT2D eigenvalue weighted by molar-refractivity contribution is -0.143. The molecular weight excluding hydrogens is 206 g/mol. The van der Waals surface area contributed by atoms with Crippen LogP contribution < -0.4 is 5.73 Å². The highest BCUT2D eigenvalue weighted by Crippen LogP contribution is 2.10. The summed E-state index contributed by atoms with van der Waals surface area (Å²) >= 11 is 0. The Labute approximate surface area is 94.2 Å². The molecule has 0 bridgehead atoms. The number of pyridine rings is 1. The van der Waals surface area contributed by atoms with Crippen LogP contribution in [0.5, 0.6) is 0 Å². The summed E-state index contributed by atoms with van der Waals surface area (Å²) in [4.78, 5) is 17.5. The first-order valence-electron chi connectivity index (χ1n) is 5.29. The molecule has 5 nitrogen and oxygen atoms in total. The van der Waals surface area contributed by atoms with Crippen LogP contribution in [0.4, 0.5) is 0 Å². The Morgan fingerprint density at radius 1 is 1.56 bits per heavy atom. The predicted molar refractivity (Wildman–Crippen MR) is 58.4 cm³/mol. The Morgan fingerprint density at radius 2 is 2.44 bits per heavy atom. The van der Waals surface area contributed by atoms with Gasteiger partial charge in [-0.05, 0) is 11.6 Å². The van der Waals surface area contributed by atoms with E-state index in [1.807, 2.05) is 12.1 Å². The van der Waals surface area contributed by atoms with Crippen molar-refractivity contribution in [3.05, 3.63) is 29.6 Å². The van der Waals surface area contributed by atoms with Crippen molar-refractivity contribution in [1.82, 2.24) is 9.88 Å². The molecule has 1 aliphatic rings. The molecule has 0 aliphatic carbocycles. The maximum atomic E-state index is 11.5. The van der Waals surface area contributed by atoms with Crippen molar-refractivity contribution in [2.24, 2.45) is 5.73 Å². The first-order chi connectivity index (χ1) is 7.81. The van der Waals surface area contributed by atoms with E-state index in [0.29, 0.717) is 26.2 Å². The van der Waals surface area contributed by atoms with Gasteiger partial charge >= 0.3 is 0 Å². The molecule has 0 spiro atoms. The van der Waals surface area contributed by atoms with Crippen molar-refractivity contribution in [2.45, 2.75) is 13.1 Å². The molecule has 2 rings (SSSR count). The fraction of sp³-hybridized carbons (Fsp3) is 0.455. The molecule has 86 valence electrons. The monoisotopic (exact) mass is 221 g/mol. The molecule has 0 atom stereocenters. The second-order valence-electron chi connectivity index (χ2n) is 3.68. The molecule has 2 heterocycles. The molecule has 1 aromatic heterocycles. The van der Waals surface area contributed by atoms with Crippen LogP contribution in [0.25, 0.3) is 0 Å². The number of morpholine rings is 1. The number of carbonyl (C=O) groups excluding carboxylic acids is 1. The molecule has 2 N–H and O–H groups in total. The molecule has 0 radical (unpaired) electrons. The van der Waals surface area contributed by atoms with Crippen LogP contribution in [0.3, 0.4) is 0 Å². The average Bonchev–Trinajstić information content (AvgIpc) is 2.33. The lowest BCUT2D eigenvalue weighted by Crippen LogP contribution is -2.41. The number of amides is 1. The minimum Gasteiger partial charge on any atom is -0.370 e. The average molecular weight is 221 g/mol. The number of carbonyl (C=O) groups is 1. The Balaban J connectivity index is 2.10. The van der Waals surface area contributed by atoms with E-state index in [1.165, 1.54) is 0 Å². The van der Waals surface area contributed by atoms with Gasteiger partial charge in [0.05, 0.1) is 12.3 Å². The van der Waals surface area contributed by atoms with E-state index in [4.69, 9.17) is 10.5 Å². The molecule has 5 heteroatoms. The predicted octanol–water partition coefficient (Wildman–Crippen LogP) is -0.101. The minimum absolute atomic E-state index is 0.0260. The Bertz CT molecular complexity index is 381. The summed E-state index contributed by atoms with van der Waals surface area (Å²) in [6.07, 6.45) is 1.72. The van der Waals surface area contributed by atoms with Gasteiger partial charge in [0.2, 0.25) is 5.91 Å². The molecule has 1 saturated heterocycles. The third-order valence-corrected chi connectivity index (χ3v) is 2.62. The van der Waals surface area contributed by atoms with Crippen molar-refractivity contribution in [1.29, 1.82) is 0 Å². The summed E-state index contributed by atoms with van der Waals surface area (Å²) < 4.78 is 5.07. The topological polar surface area (TPSA) is 68.4 Å². The zero-order valence-electron chi connectivity index (χ0n) is 9.06. The van der Waals surface area contributed by atoms with Gasteiger partial charge in [0, 0.05) is 25.8 Å². The molecule has 0 saturated carbocycles. The van der Waals surface area contributed by atoms with Gasteiger partial charge in [-0.1, -0.05) is 6.07 Å². The highest BCUT2D eigenvalue weighted by molar-refractivity contribution is 5.78.